The molecule has 1 atom stereocenters. The number of rotatable bonds is 4. The van der Waals surface area contributed by atoms with Gasteiger partial charge in [-0.3, -0.25) is 0 Å². The molecule has 1 aromatic carbocycles. The molecule has 0 heterocycles. The van der Waals surface area contributed by atoms with Crippen LogP contribution in [0, 0.1) is 13.8 Å². The van der Waals surface area contributed by atoms with E-state index in [0.29, 0.717) is 0 Å². The lowest BCUT2D eigenvalue weighted by Crippen LogP contribution is -2.18. The molecular weight excluding hydrogens is 279 g/mol. The summed E-state index contributed by atoms with van der Waals surface area (Å²) in [5.41, 5.74) is 2.23. The monoisotopic (exact) mass is 292 g/mol. The minimum absolute atomic E-state index is 0.189. The van der Waals surface area contributed by atoms with Crippen molar-refractivity contribution in [3.8, 4) is 5.75 Å². The molecule has 0 bridgehead atoms. The maximum Gasteiger partial charge on any atom is 0.120 e. The van der Waals surface area contributed by atoms with Gasteiger partial charge in [-0.1, -0.05) is 15.9 Å². The second kappa shape index (κ2) is 5.73. The van der Waals surface area contributed by atoms with Gasteiger partial charge < -0.3 is 9.84 Å². The third kappa shape index (κ3) is 3.67. The van der Waals surface area contributed by atoms with Crippen molar-refractivity contribution in [3.63, 3.8) is 0 Å². The molecular formula is C11H14BrClO2. The first kappa shape index (κ1) is 12.8. The Morgan fingerprint density at radius 2 is 1.93 bits per heavy atom. The van der Waals surface area contributed by atoms with Crippen molar-refractivity contribution in [2.75, 3.05) is 12.5 Å². The van der Waals surface area contributed by atoms with Crippen LogP contribution in [0.5, 0.6) is 5.75 Å². The van der Waals surface area contributed by atoms with Gasteiger partial charge in [-0.05, 0) is 37.1 Å². The summed E-state index contributed by atoms with van der Waals surface area (Å²) in [5, 5.41) is 9.25. The number of ether oxygens (including phenoxy) is 1. The van der Waals surface area contributed by atoms with Crippen LogP contribution < -0.4 is 4.74 Å². The average molecular weight is 294 g/mol. The summed E-state index contributed by atoms with van der Waals surface area (Å²) >= 11 is 8.95. The van der Waals surface area contributed by atoms with Crippen LogP contribution in [0.15, 0.2) is 16.6 Å². The van der Waals surface area contributed by atoms with Gasteiger partial charge in [0.2, 0.25) is 0 Å². The molecule has 0 aliphatic carbocycles. The fourth-order valence-corrected chi connectivity index (χ4v) is 1.54. The molecule has 0 spiro atoms. The van der Waals surface area contributed by atoms with Crippen molar-refractivity contribution in [1.29, 1.82) is 0 Å². The number of aliphatic hydroxyl groups excluding tert-OH is 1. The Bertz CT molecular complexity index is 318. The van der Waals surface area contributed by atoms with E-state index in [1.165, 1.54) is 0 Å². The van der Waals surface area contributed by atoms with E-state index in [-0.39, 0.29) is 12.5 Å². The van der Waals surface area contributed by atoms with Crippen LogP contribution in [-0.2, 0) is 0 Å². The predicted molar refractivity (Wildman–Crippen MR) is 65.8 cm³/mol. The molecule has 0 aliphatic heterocycles. The van der Waals surface area contributed by atoms with Gasteiger partial charge in [0.15, 0.2) is 0 Å². The zero-order chi connectivity index (χ0) is 11.4. The van der Waals surface area contributed by atoms with Crippen LogP contribution in [0.4, 0.5) is 0 Å². The van der Waals surface area contributed by atoms with Gasteiger partial charge in [-0.15, -0.1) is 11.6 Å². The first-order valence-electron chi connectivity index (χ1n) is 4.68. The summed E-state index contributed by atoms with van der Waals surface area (Å²) in [6.45, 7) is 4.23. The highest BCUT2D eigenvalue weighted by molar-refractivity contribution is 9.10. The van der Waals surface area contributed by atoms with E-state index in [0.717, 1.165) is 21.3 Å². The fraction of sp³-hybridized carbons (Fsp3) is 0.455. The molecule has 1 N–H and O–H groups in total. The Morgan fingerprint density at radius 3 is 2.40 bits per heavy atom. The minimum atomic E-state index is -0.615. The van der Waals surface area contributed by atoms with Gasteiger partial charge >= 0.3 is 0 Å². The highest BCUT2D eigenvalue weighted by atomic mass is 79.9. The van der Waals surface area contributed by atoms with Crippen molar-refractivity contribution in [3.05, 3.63) is 27.7 Å². The van der Waals surface area contributed by atoms with E-state index in [1.54, 1.807) is 0 Å². The maximum absolute atomic E-state index is 9.25. The zero-order valence-electron chi connectivity index (χ0n) is 8.76. The van der Waals surface area contributed by atoms with Crippen LogP contribution >= 0.6 is 27.5 Å². The summed E-state index contributed by atoms with van der Waals surface area (Å²) in [6.07, 6.45) is -0.615. The normalized spacial score (nSPS) is 12.6. The van der Waals surface area contributed by atoms with Gasteiger partial charge in [-0.2, -0.15) is 0 Å². The van der Waals surface area contributed by atoms with Crippen LogP contribution in [-0.4, -0.2) is 23.7 Å². The van der Waals surface area contributed by atoms with Crippen LogP contribution in [0.25, 0.3) is 0 Å². The van der Waals surface area contributed by atoms with E-state index in [4.69, 9.17) is 16.3 Å². The standard InChI is InChI=1S/C11H14BrClO2/c1-7-3-10(4-8(2)11(7)12)15-6-9(14)5-13/h3-4,9,14H,5-6H2,1-2H3. The Morgan fingerprint density at radius 1 is 1.40 bits per heavy atom. The molecule has 1 unspecified atom stereocenters. The fourth-order valence-electron chi connectivity index (χ4n) is 1.23. The third-order valence-electron chi connectivity index (χ3n) is 2.03. The van der Waals surface area contributed by atoms with E-state index in [2.05, 4.69) is 15.9 Å². The van der Waals surface area contributed by atoms with E-state index >= 15 is 0 Å². The van der Waals surface area contributed by atoms with Gasteiger partial charge in [0.1, 0.15) is 18.5 Å². The summed E-state index contributed by atoms with van der Waals surface area (Å²) in [5.74, 6) is 0.950. The quantitative estimate of drug-likeness (QED) is 0.865. The van der Waals surface area contributed by atoms with Crippen molar-refractivity contribution in [2.24, 2.45) is 0 Å². The molecule has 4 heteroatoms. The third-order valence-corrected chi connectivity index (χ3v) is 3.64. The first-order chi connectivity index (χ1) is 7.04. The average Bonchev–Trinajstić information content (AvgIpc) is 2.22. The molecule has 0 amide bonds. The van der Waals surface area contributed by atoms with Crippen LogP contribution in [0.2, 0.25) is 0 Å². The summed E-state index contributed by atoms with van der Waals surface area (Å²) in [6, 6.07) is 3.86. The Kier molecular flexibility index (Phi) is 4.90. The number of aryl methyl sites for hydroxylation is 2. The maximum atomic E-state index is 9.25. The number of hydrogen-bond acceptors (Lipinski definition) is 2. The van der Waals surface area contributed by atoms with Gasteiger partial charge in [0, 0.05) is 4.47 Å². The van der Waals surface area contributed by atoms with Crippen molar-refractivity contribution in [2.45, 2.75) is 20.0 Å². The van der Waals surface area contributed by atoms with Crippen molar-refractivity contribution >= 4 is 27.5 Å². The molecule has 0 aromatic heterocycles. The lowest BCUT2D eigenvalue weighted by Gasteiger charge is -2.12. The lowest BCUT2D eigenvalue weighted by molar-refractivity contribution is 0.125. The summed E-state index contributed by atoms with van der Waals surface area (Å²) in [7, 11) is 0. The highest BCUT2D eigenvalue weighted by Crippen LogP contribution is 2.26. The second-order valence-corrected chi connectivity index (χ2v) is 4.59. The van der Waals surface area contributed by atoms with E-state index < -0.39 is 6.10 Å². The molecule has 0 radical (unpaired) electrons. The first-order valence-corrected chi connectivity index (χ1v) is 6.01. The Hall–Kier alpha value is -0.250. The van der Waals surface area contributed by atoms with E-state index in [9.17, 15) is 5.11 Å². The molecule has 0 saturated carbocycles. The topological polar surface area (TPSA) is 29.5 Å². The largest absolute Gasteiger partial charge is 0.491 e. The predicted octanol–water partition coefficient (Wildman–Crippen LogP) is 3.04. The number of halogens is 2. The molecule has 15 heavy (non-hydrogen) atoms. The van der Waals surface area contributed by atoms with Gasteiger partial charge in [0.25, 0.3) is 0 Å². The molecule has 1 aromatic rings. The summed E-state index contributed by atoms with van der Waals surface area (Å²) in [4.78, 5) is 0. The second-order valence-electron chi connectivity index (χ2n) is 3.49. The van der Waals surface area contributed by atoms with Crippen molar-refractivity contribution in [1.82, 2.24) is 0 Å². The van der Waals surface area contributed by atoms with Gasteiger partial charge in [-0.25, -0.2) is 0 Å². The molecule has 1 rings (SSSR count). The molecule has 0 fully saturated rings. The summed E-state index contributed by atoms with van der Waals surface area (Å²) < 4.78 is 6.51. The number of benzene rings is 1. The highest BCUT2D eigenvalue weighted by Gasteiger charge is 2.06. The minimum Gasteiger partial charge on any atom is -0.491 e. The van der Waals surface area contributed by atoms with Gasteiger partial charge in [0.05, 0.1) is 5.88 Å². The number of aliphatic hydroxyl groups is 1. The molecule has 0 saturated heterocycles. The SMILES string of the molecule is Cc1cc(OCC(O)CCl)cc(C)c1Br. The number of hydrogen-bond donors (Lipinski definition) is 1. The van der Waals surface area contributed by atoms with Crippen molar-refractivity contribution < 1.29 is 9.84 Å². The van der Waals surface area contributed by atoms with Crippen LogP contribution in [0.1, 0.15) is 11.1 Å². The lowest BCUT2D eigenvalue weighted by atomic mass is 10.1. The molecule has 0 aliphatic rings. The van der Waals surface area contributed by atoms with Crippen LogP contribution in [0.3, 0.4) is 0 Å². The number of alkyl halides is 1. The van der Waals surface area contributed by atoms with E-state index in [1.807, 2.05) is 26.0 Å². The zero-order valence-corrected chi connectivity index (χ0v) is 11.1. The molecule has 2 nitrogen and oxygen atoms in total. The molecule has 84 valence electrons. The Labute approximate surface area is 103 Å². The smallest absolute Gasteiger partial charge is 0.120 e. The Balaban J connectivity index is 2.70.